The molecule has 0 aliphatic carbocycles. The van der Waals surface area contributed by atoms with Gasteiger partial charge in [0.25, 0.3) is 5.91 Å². The highest BCUT2D eigenvalue weighted by atomic mass is 16.2. The molecule has 22 heavy (non-hydrogen) atoms. The molecule has 1 aliphatic heterocycles. The molecule has 1 N–H and O–H groups in total. The molecular formula is C14H15N5O3. The SMILES string of the molecule is CC(C)C1C(=O)NCC(=O)N1C(=O)c1ccccc1N=[N+]=[N-]. The fourth-order valence-corrected chi connectivity index (χ4v) is 2.38. The van der Waals surface area contributed by atoms with Gasteiger partial charge in [0.05, 0.1) is 12.2 Å². The van der Waals surface area contributed by atoms with Crippen molar-refractivity contribution in [3.8, 4) is 0 Å². The van der Waals surface area contributed by atoms with Gasteiger partial charge in [0.1, 0.15) is 6.04 Å². The van der Waals surface area contributed by atoms with Gasteiger partial charge in [0, 0.05) is 10.5 Å². The van der Waals surface area contributed by atoms with Crippen LogP contribution < -0.4 is 5.32 Å². The molecule has 8 nitrogen and oxygen atoms in total. The second-order valence-electron chi connectivity index (χ2n) is 5.18. The summed E-state index contributed by atoms with van der Waals surface area (Å²) in [7, 11) is 0. The van der Waals surface area contributed by atoms with E-state index < -0.39 is 17.9 Å². The van der Waals surface area contributed by atoms with E-state index in [1.807, 2.05) is 0 Å². The van der Waals surface area contributed by atoms with Gasteiger partial charge >= 0.3 is 0 Å². The van der Waals surface area contributed by atoms with Crippen LogP contribution in [0.5, 0.6) is 0 Å². The topological polar surface area (TPSA) is 115 Å². The van der Waals surface area contributed by atoms with Crippen LogP contribution in [0.1, 0.15) is 24.2 Å². The Hall–Kier alpha value is -2.86. The van der Waals surface area contributed by atoms with Gasteiger partial charge in [-0.05, 0) is 17.5 Å². The Kier molecular flexibility index (Phi) is 4.43. The lowest BCUT2D eigenvalue weighted by Crippen LogP contribution is -2.62. The summed E-state index contributed by atoms with van der Waals surface area (Å²) < 4.78 is 0. The lowest BCUT2D eigenvalue weighted by molar-refractivity contribution is -0.144. The van der Waals surface area contributed by atoms with Gasteiger partial charge in [-0.15, -0.1) is 0 Å². The minimum Gasteiger partial charge on any atom is -0.345 e. The van der Waals surface area contributed by atoms with Crippen molar-refractivity contribution in [1.82, 2.24) is 10.2 Å². The molecule has 0 bridgehead atoms. The summed E-state index contributed by atoms with van der Waals surface area (Å²) in [5, 5.41) is 5.93. The number of nitrogens with one attached hydrogen (secondary N) is 1. The highest BCUT2D eigenvalue weighted by Gasteiger charge is 2.41. The number of amides is 3. The van der Waals surface area contributed by atoms with Gasteiger partial charge < -0.3 is 5.32 Å². The molecule has 1 saturated heterocycles. The summed E-state index contributed by atoms with van der Waals surface area (Å²) in [4.78, 5) is 40.5. The first-order chi connectivity index (χ1) is 10.5. The second kappa shape index (κ2) is 6.28. The van der Waals surface area contributed by atoms with Crippen molar-refractivity contribution < 1.29 is 14.4 Å². The van der Waals surface area contributed by atoms with E-state index in [2.05, 4.69) is 15.3 Å². The van der Waals surface area contributed by atoms with Crippen molar-refractivity contribution >= 4 is 23.4 Å². The second-order valence-corrected chi connectivity index (χ2v) is 5.18. The molecule has 1 aliphatic rings. The molecule has 3 amide bonds. The third kappa shape index (κ3) is 2.77. The van der Waals surface area contributed by atoms with Gasteiger partial charge in [-0.25, -0.2) is 0 Å². The first kappa shape index (κ1) is 15.5. The Labute approximate surface area is 126 Å². The number of azide groups is 1. The van der Waals surface area contributed by atoms with Crippen LogP contribution >= 0.6 is 0 Å². The molecule has 1 aromatic rings. The van der Waals surface area contributed by atoms with Crippen LogP contribution in [0.15, 0.2) is 29.4 Å². The highest BCUT2D eigenvalue weighted by molar-refractivity contribution is 6.12. The molecule has 0 aromatic heterocycles. The third-order valence-corrected chi connectivity index (χ3v) is 3.37. The molecule has 0 saturated carbocycles. The van der Waals surface area contributed by atoms with Crippen molar-refractivity contribution in [1.29, 1.82) is 0 Å². The predicted molar refractivity (Wildman–Crippen MR) is 78.1 cm³/mol. The summed E-state index contributed by atoms with van der Waals surface area (Å²) in [5.41, 5.74) is 8.79. The van der Waals surface area contributed by atoms with E-state index in [1.165, 1.54) is 12.1 Å². The van der Waals surface area contributed by atoms with Crippen molar-refractivity contribution in [2.75, 3.05) is 6.54 Å². The molecule has 1 unspecified atom stereocenters. The van der Waals surface area contributed by atoms with Gasteiger partial charge in [-0.3, -0.25) is 19.3 Å². The normalized spacial score (nSPS) is 18.0. The molecule has 1 fully saturated rings. The average molecular weight is 301 g/mol. The molecule has 8 heteroatoms. The fourth-order valence-electron chi connectivity index (χ4n) is 2.38. The Bertz CT molecular complexity index is 679. The van der Waals surface area contributed by atoms with Crippen molar-refractivity contribution in [2.45, 2.75) is 19.9 Å². The number of nitrogens with zero attached hydrogens (tertiary/aromatic N) is 4. The summed E-state index contributed by atoms with van der Waals surface area (Å²) in [6.45, 7) is 3.28. The van der Waals surface area contributed by atoms with Crippen LogP contribution in [0.4, 0.5) is 5.69 Å². The van der Waals surface area contributed by atoms with Gasteiger partial charge in [-0.1, -0.05) is 37.2 Å². The maximum Gasteiger partial charge on any atom is 0.261 e. The van der Waals surface area contributed by atoms with Crippen LogP contribution in [0.2, 0.25) is 0 Å². The number of rotatable bonds is 3. The van der Waals surface area contributed by atoms with Crippen LogP contribution in [0.25, 0.3) is 10.4 Å². The van der Waals surface area contributed by atoms with E-state index >= 15 is 0 Å². The number of hydrogen-bond acceptors (Lipinski definition) is 4. The Balaban J connectivity index is 2.48. The predicted octanol–water partition coefficient (Wildman–Crippen LogP) is 1.75. The smallest absolute Gasteiger partial charge is 0.261 e. The summed E-state index contributed by atoms with van der Waals surface area (Å²) in [6.07, 6.45) is 0. The number of carbonyl (C=O) groups excluding carboxylic acids is 3. The van der Waals surface area contributed by atoms with Crippen LogP contribution in [0.3, 0.4) is 0 Å². The molecule has 2 rings (SSSR count). The standard InChI is InChI=1S/C14H15N5O3/c1-8(2)12-13(21)16-7-11(20)19(12)14(22)9-5-3-4-6-10(9)17-18-15/h3-6,8,12H,7H2,1-2H3,(H,16,21). The number of piperazine rings is 1. The molecule has 0 spiro atoms. The summed E-state index contributed by atoms with van der Waals surface area (Å²) >= 11 is 0. The van der Waals surface area contributed by atoms with E-state index in [0.29, 0.717) is 0 Å². The van der Waals surface area contributed by atoms with Gasteiger partial charge in [0.15, 0.2) is 0 Å². The number of carbonyl (C=O) groups is 3. The molecular weight excluding hydrogens is 286 g/mol. The van der Waals surface area contributed by atoms with Crippen LogP contribution in [-0.2, 0) is 9.59 Å². The van der Waals surface area contributed by atoms with Gasteiger partial charge in [0.2, 0.25) is 11.8 Å². The first-order valence-corrected chi connectivity index (χ1v) is 6.75. The number of benzene rings is 1. The average Bonchev–Trinajstić information content (AvgIpc) is 2.49. The highest BCUT2D eigenvalue weighted by Crippen LogP contribution is 2.24. The van der Waals surface area contributed by atoms with Crippen LogP contribution in [0, 0.1) is 5.92 Å². The summed E-state index contributed by atoms with van der Waals surface area (Å²) in [6, 6.07) is 5.27. The lowest BCUT2D eigenvalue weighted by Gasteiger charge is -2.35. The van der Waals surface area contributed by atoms with E-state index in [4.69, 9.17) is 5.53 Å². The lowest BCUT2D eigenvalue weighted by atomic mass is 9.98. The van der Waals surface area contributed by atoms with Crippen molar-refractivity contribution in [2.24, 2.45) is 11.0 Å². The first-order valence-electron chi connectivity index (χ1n) is 6.75. The number of imide groups is 1. The quantitative estimate of drug-likeness (QED) is 0.397. The van der Waals surface area contributed by atoms with Crippen LogP contribution in [-0.4, -0.2) is 35.2 Å². The van der Waals surface area contributed by atoms with Crippen molar-refractivity contribution in [3.63, 3.8) is 0 Å². The van der Waals surface area contributed by atoms with Crippen molar-refractivity contribution in [3.05, 3.63) is 40.3 Å². The maximum atomic E-state index is 12.7. The number of hydrogen-bond donors (Lipinski definition) is 1. The zero-order valence-electron chi connectivity index (χ0n) is 12.2. The maximum absolute atomic E-state index is 12.7. The zero-order valence-corrected chi connectivity index (χ0v) is 12.2. The molecule has 114 valence electrons. The molecule has 0 radical (unpaired) electrons. The van der Waals surface area contributed by atoms with E-state index in [9.17, 15) is 14.4 Å². The largest absolute Gasteiger partial charge is 0.345 e. The molecule has 1 aromatic carbocycles. The van der Waals surface area contributed by atoms with E-state index in [-0.39, 0.29) is 29.6 Å². The fraction of sp³-hybridized carbons (Fsp3) is 0.357. The third-order valence-electron chi connectivity index (χ3n) is 3.37. The van der Waals surface area contributed by atoms with Gasteiger partial charge in [-0.2, -0.15) is 0 Å². The Morgan fingerprint density at radius 1 is 1.41 bits per heavy atom. The van der Waals surface area contributed by atoms with E-state index in [1.54, 1.807) is 26.0 Å². The minimum atomic E-state index is -0.882. The van der Waals surface area contributed by atoms with E-state index in [0.717, 1.165) is 4.90 Å². The monoisotopic (exact) mass is 301 g/mol. The summed E-state index contributed by atoms with van der Waals surface area (Å²) in [5.74, 6) is -1.73. The minimum absolute atomic E-state index is 0.0917. The Morgan fingerprint density at radius 3 is 2.73 bits per heavy atom. The zero-order chi connectivity index (χ0) is 16.3. The Morgan fingerprint density at radius 2 is 2.09 bits per heavy atom. The molecule has 1 heterocycles. The molecule has 1 atom stereocenters.